The molecule has 0 radical (unpaired) electrons. The third-order valence-corrected chi connectivity index (χ3v) is 5.38. The predicted octanol–water partition coefficient (Wildman–Crippen LogP) is 6.54. The molecule has 0 aromatic heterocycles. The van der Waals surface area contributed by atoms with Gasteiger partial charge < -0.3 is 19.9 Å². The Morgan fingerprint density at radius 2 is 1.80 bits per heavy atom. The highest BCUT2D eigenvalue weighted by atomic mass is 35.5. The van der Waals surface area contributed by atoms with E-state index in [0.717, 1.165) is 11.1 Å². The Morgan fingerprint density at radius 1 is 1.00 bits per heavy atom. The summed E-state index contributed by atoms with van der Waals surface area (Å²) in [6.45, 7) is 0.694. The van der Waals surface area contributed by atoms with Crippen molar-refractivity contribution in [2.45, 2.75) is 13.2 Å². The van der Waals surface area contributed by atoms with Crippen LogP contribution in [0.4, 0.5) is 5.69 Å². The van der Waals surface area contributed by atoms with Crippen LogP contribution in [-0.2, 0) is 13.2 Å². The summed E-state index contributed by atoms with van der Waals surface area (Å²) in [4.78, 5) is 11.1. The zero-order valence-corrected chi connectivity index (χ0v) is 18.2. The van der Waals surface area contributed by atoms with Crippen LogP contribution in [0.25, 0.3) is 0 Å². The van der Waals surface area contributed by atoms with Gasteiger partial charge in [0.1, 0.15) is 6.61 Å². The summed E-state index contributed by atoms with van der Waals surface area (Å²) in [5, 5.41) is 13.4. The highest BCUT2D eigenvalue weighted by molar-refractivity contribution is 6.42. The number of hydrogen-bond acceptors (Lipinski definition) is 4. The van der Waals surface area contributed by atoms with Gasteiger partial charge in [-0.3, -0.25) is 0 Å². The molecule has 2 N–H and O–H groups in total. The number of benzene rings is 3. The van der Waals surface area contributed by atoms with E-state index in [4.69, 9.17) is 49.4 Å². The minimum atomic E-state index is -1.07. The summed E-state index contributed by atoms with van der Waals surface area (Å²) in [6.07, 6.45) is 0. The first-order valence-corrected chi connectivity index (χ1v) is 10.0. The molecule has 3 rings (SSSR count). The molecule has 8 heteroatoms. The van der Waals surface area contributed by atoms with Crippen LogP contribution in [0.2, 0.25) is 15.1 Å². The summed E-state index contributed by atoms with van der Waals surface area (Å²) in [5.74, 6) is 0.109. The number of rotatable bonds is 8. The largest absolute Gasteiger partial charge is 0.493 e. The van der Waals surface area contributed by atoms with Crippen LogP contribution >= 0.6 is 34.8 Å². The Bertz CT molecular complexity index is 1070. The van der Waals surface area contributed by atoms with E-state index in [-0.39, 0.29) is 17.2 Å². The number of nitrogens with one attached hydrogen (secondary N) is 1. The number of aromatic carboxylic acids is 1. The standard InChI is InChI=1S/C22H18Cl3NO4/c1-29-20-4-2-3-14(11-26-15-6-7-16(22(27)28)18(24)10-15)21(20)30-12-13-5-8-17(23)19(25)9-13/h2-10,26H,11-12H2,1H3,(H,27,28). The molecular weight excluding hydrogens is 449 g/mol. The normalized spacial score (nSPS) is 10.5. The topological polar surface area (TPSA) is 67.8 Å². The van der Waals surface area contributed by atoms with E-state index >= 15 is 0 Å². The van der Waals surface area contributed by atoms with Gasteiger partial charge in [0, 0.05) is 17.8 Å². The Labute approximate surface area is 189 Å². The summed E-state index contributed by atoms with van der Waals surface area (Å²) in [7, 11) is 1.57. The van der Waals surface area contributed by atoms with Gasteiger partial charge in [-0.2, -0.15) is 0 Å². The van der Waals surface area contributed by atoms with E-state index in [9.17, 15) is 4.79 Å². The number of ether oxygens (including phenoxy) is 2. The smallest absolute Gasteiger partial charge is 0.337 e. The lowest BCUT2D eigenvalue weighted by atomic mass is 10.1. The molecule has 0 aliphatic heterocycles. The highest BCUT2D eigenvalue weighted by Gasteiger charge is 2.13. The van der Waals surface area contributed by atoms with E-state index in [1.54, 1.807) is 31.4 Å². The van der Waals surface area contributed by atoms with Crippen molar-refractivity contribution in [3.63, 3.8) is 0 Å². The number of methoxy groups -OCH3 is 1. The fourth-order valence-corrected chi connectivity index (χ4v) is 3.39. The zero-order chi connectivity index (χ0) is 21.7. The maximum Gasteiger partial charge on any atom is 0.337 e. The van der Waals surface area contributed by atoms with Crippen LogP contribution in [-0.4, -0.2) is 18.2 Å². The number of carboxylic acids is 1. The Morgan fingerprint density at radius 3 is 2.47 bits per heavy atom. The lowest BCUT2D eigenvalue weighted by molar-refractivity contribution is 0.0697. The average Bonchev–Trinajstić information content (AvgIpc) is 2.73. The van der Waals surface area contributed by atoms with Gasteiger partial charge in [0.05, 0.1) is 27.7 Å². The summed E-state index contributed by atoms with van der Waals surface area (Å²) in [5.41, 5.74) is 2.45. The van der Waals surface area contributed by atoms with Crippen LogP contribution in [0.3, 0.4) is 0 Å². The molecule has 0 heterocycles. The SMILES string of the molecule is COc1cccc(CNc2ccc(C(=O)O)c(Cl)c2)c1OCc1ccc(Cl)c(Cl)c1. The molecule has 0 saturated carbocycles. The van der Waals surface area contributed by atoms with Gasteiger partial charge >= 0.3 is 5.97 Å². The molecule has 0 bridgehead atoms. The quantitative estimate of drug-likeness (QED) is 0.394. The van der Waals surface area contributed by atoms with Gasteiger partial charge in [-0.15, -0.1) is 0 Å². The van der Waals surface area contributed by atoms with Crippen molar-refractivity contribution in [1.82, 2.24) is 0 Å². The molecule has 3 aromatic rings. The minimum absolute atomic E-state index is 0.0502. The maximum absolute atomic E-state index is 11.1. The number of hydrogen-bond donors (Lipinski definition) is 2. The molecule has 0 amide bonds. The second kappa shape index (κ2) is 9.94. The van der Waals surface area contributed by atoms with Crippen molar-refractivity contribution in [3.05, 3.63) is 86.4 Å². The first-order valence-electron chi connectivity index (χ1n) is 8.88. The second-order valence-corrected chi connectivity index (χ2v) is 7.56. The number of anilines is 1. The van der Waals surface area contributed by atoms with Crippen LogP contribution in [0.15, 0.2) is 54.6 Å². The van der Waals surface area contributed by atoms with Gasteiger partial charge in [-0.25, -0.2) is 4.79 Å². The third kappa shape index (κ3) is 5.30. The molecule has 5 nitrogen and oxygen atoms in total. The lowest BCUT2D eigenvalue weighted by Gasteiger charge is -2.16. The number of carbonyl (C=O) groups is 1. The van der Waals surface area contributed by atoms with Gasteiger partial charge in [-0.05, 0) is 42.0 Å². The monoisotopic (exact) mass is 465 g/mol. The molecular formula is C22H18Cl3NO4. The van der Waals surface area contributed by atoms with Gasteiger partial charge in [0.25, 0.3) is 0 Å². The second-order valence-electron chi connectivity index (χ2n) is 6.34. The maximum atomic E-state index is 11.1. The number of halogens is 3. The van der Waals surface area contributed by atoms with E-state index in [1.165, 1.54) is 6.07 Å². The molecule has 0 unspecified atom stereocenters. The molecule has 156 valence electrons. The van der Waals surface area contributed by atoms with Crippen LogP contribution < -0.4 is 14.8 Å². The molecule has 0 fully saturated rings. The van der Waals surface area contributed by atoms with E-state index < -0.39 is 5.97 Å². The molecule has 0 aliphatic carbocycles. The summed E-state index contributed by atoms with van der Waals surface area (Å²) >= 11 is 18.1. The molecule has 0 aliphatic rings. The summed E-state index contributed by atoms with van der Waals surface area (Å²) in [6, 6.07) is 15.6. The van der Waals surface area contributed by atoms with Gasteiger partial charge in [0.15, 0.2) is 11.5 Å². The van der Waals surface area contributed by atoms with E-state index in [1.807, 2.05) is 24.3 Å². The van der Waals surface area contributed by atoms with E-state index in [2.05, 4.69) is 5.32 Å². The first-order chi connectivity index (χ1) is 14.4. The Hall–Kier alpha value is -2.60. The molecule has 30 heavy (non-hydrogen) atoms. The van der Waals surface area contributed by atoms with E-state index in [0.29, 0.717) is 33.8 Å². The highest BCUT2D eigenvalue weighted by Crippen LogP contribution is 2.33. The molecule has 3 aromatic carbocycles. The summed E-state index contributed by atoms with van der Waals surface area (Å²) < 4.78 is 11.5. The number of para-hydroxylation sites is 1. The van der Waals surface area contributed by atoms with Gasteiger partial charge in [-0.1, -0.05) is 53.0 Å². The van der Waals surface area contributed by atoms with Crippen molar-refractivity contribution in [2.75, 3.05) is 12.4 Å². The first kappa shape index (κ1) is 22.1. The fraction of sp³-hybridized carbons (Fsp3) is 0.136. The van der Waals surface area contributed by atoms with Crippen molar-refractivity contribution in [2.24, 2.45) is 0 Å². The van der Waals surface area contributed by atoms with Crippen molar-refractivity contribution >= 4 is 46.5 Å². The van der Waals surface area contributed by atoms with Crippen molar-refractivity contribution < 1.29 is 19.4 Å². The van der Waals surface area contributed by atoms with Crippen LogP contribution in [0.1, 0.15) is 21.5 Å². The minimum Gasteiger partial charge on any atom is -0.493 e. The van der Waals surface area contributed by atoms with Crippen molar-refractivity contribution in [3.8, 4) is 11.5 Å². The third-order valence-electron chi connectivity index (χ3n) is 4.33. The van der Waals surface area contributed by atoms with Crippen molar-refractivity contribution in [1.29, 1.82) is 0 Å². The fourth-order valence-electron chi connectivity index (χ4n) is 2.81. The Kier molecular flexibility index (Phi) is 7.32. The molecule has 0 spiro atoms. The lowest BCUT2D eigenvalue weighted by Crippen LogP contribution is -2.06. The zero-order valence-electron chi connectivity index (χ0n) is 15.9. The number of carboxylic acid groups (broad SMARTS) is 1. The van der Waals surface area contributed by atoms with Gasteiger partial charge in [0.2, 0.25) is 0 Å². The molecule has 0 atom stereocenters. The average molecular weight is 467 g/mol. The van der Waals surface area contributed by atoms with Crippen LogP contribution in [0, 0.1) is 0 Å². The predicted molar refractivity (Wildman–Crippen MR) is 120 cm³/mol. The molecule has 0 saturated heterocycles. The Balaban J connectivity index is 1.77. The van der Waals surface area contributed by atoms with Crippen LogP contribution in [0.5, 0.6) is 11.5 Å².